The lowest BCUT2D eigenvalue weighted by Gasteiger charge is -2.37. The van der Waals surface area contributed by atoms with Crippen LogP contribution in [0.15, 0.2) is 21.8 Å². The molecule has 0 saturated carbocycles. The number of ether oxygens (including phenoxy) is 3. The molecule has 0 radical (unpaired) electrons. The zero-order chi connectivity index (χ0) is 22.8. The monoisotopic (exact) mass is 471 g/mol. The average Bonchev–Trinajstić information content (AvgIpc) is 3.38. The van der Waals surface area contributed by atoms with Gasteiger partial charge in [0.15, 0.2) is 5.82 Å². The van der Waals surface area contributed by atoms with Crippen molar-refractivity contribution >= 4 is 40.6 Å². The van der Waals surface area contributed by atoms with E-state index in [9.17, 15) is 4.79 Å². The van der Waals surface area contributed by atoms with Gasteiger partial charge < -0.3 is 24.0 Å². The number of hydrogen-bond donors (Lipinski definition) is 0. The first-order chi connectivity index (χ1) is 16.2. The molecule has 3 aliphatic heterocycles. The van der Waals surface area contributed by atoms with Crippen LogP contribution in [0.3, 0.4) is 0 Å². The summed E-state index contributed by atoms with van der Waals surface area (Å²) in [6, 6.07) is 2.07. The zero-order valence-corrected chi connectivity index (χ0v) is 19.8. The Balaban J connectivity index is 1.68. The van der Waals surface area contributed by atoms with Crippen molar-refractivity contribution in [2.24, 2.45) is 10.9 Å². The van der Waals surface area contributed by atoms with Crippen molar-refractivity contribution in [3.8, 4) is 0 Å². The van der Waals surface area contributed by atoms with Gasteiger partial charge in [-0.1, -0.05) is 0 Å². The van der Waals surface area contributed by atoms with Gasteiger partial charge in [0.1, 0.15) is 11.7 Å². The molecule has 2 fully saturated rings. The van der Waals surface area contributed by atoms with Crippen molar-refractivity contribution in [3.05, 3.63) is 28.0 Å². The van der Waals surface area contributed by atoms with E-state index >= 15 is 0 Å². The minimum absolute atomic E-state index is 0.251. The standard InChI is InChI=1S/C23H29N5O4S/c1-3-32-22(29)17-15(2)24-20-19(18(17)16-4-13-33-14-16)21(27-5-9-30-10-6-27)26-23(25-20)28-7-11-31-12-8-28/h4,13-14,17-18H,3,5-12H2,1-2H3. The smallest absolute Gasteiger partial charge is 0.315 e. The Labute approximate surface area is 197 Å². The third-order valence-electron chi connectivity index (χ3n) is 6.32. The highest BCUT2D eigenvalue weighted by Crippen LogP contribution is 2.47. The van der Waals surface area contributed by atoms with Crippen molar-refractivity contribution in [3.63, 3.8) is 0 Å². The number of aromatic nitrogens is 2. The number of esters is 1. The molecule has 5 rings (SSSR count). The first-order valence-electron chi connectivity index (χ1n) is 11.5. The summed E-state index contributed by atoms with van der Waals surface area (Å²) in [6.45, 7) is 9.57. The Hall–Kier alpha value is -2.56. The number of fused-ring (bicyclic) bond motifs is 1. The quantitative estimate of drug-likeness (QED) is 0.615. The summed E-state index contributed by atoms with van der Waals surface area (Å²) in [6.07, 6.45) is 0. The fraction of sp³-hybridized carbons (Fsp3) is 0.565. The second-order valence-electron chi connectivity index (χ2n) is 8.30. The fourth-order valence-electron chi connectivity index (χ4n) is 4.71. The van der Waals surface area contributed by atoms with Crippen molar-refractivity contribution in [1.82, 2.24) is 9.97 Å². The van der Waals surface area contributed by atoms with E-state index in [-0.39, 0.29) is 11.9 Å². The summed E-state index contributed by atoms with van der Waals surface area (Å²) in [4.78, 5) is 32.4. The first kappa shape index (κ1) is 22.2. The van der Waals surface area contributed by atoms with E-state index in [0.29, 0.717) is 44.8 Å². The molecule has 2 saturated heterocycles. The van der Waals surface area contributed by atoms with E-state index in [1.807, 2.05) is 19.2 Å². The number of carbonyl (C=O) groups excluding carboxylic acids is 1. The van der Waals surface area contributed by atoms with Gasteiger partial charge in [-0.2, -0.15) is 21.3 Å². The third-order valence-corrected chi connectivity index (χ3v) is 7.02. The van der Waals surface area contributed by atoms with Crippen molar-refractivity contribution in [1.29, 1.82) is 0 Å². The second-order valence-corrected chi connectivity index (χ2v) is 9.08. The number of nitrogens with zero attached hydrogens (tertiary/aromatic N) is 5. The molecule has 10 heteroatoms. The minimum atomic E-state index is -0.510. The van der Waals surface area contributed by atoms with Gasteiger partial charge in [-0.3, -0.25) is 4.79 Å². The number of rotatable bonds is 5. The van der Waals surface area contributed by atoms with Crippen molar-refractivity contribution < 1.29 is 19.0 Å². The molecule has 0 aromatic carbocycles. The number of morpholine rings is 2. The Kier molecular flexibility index (Phi) is 6.57. The van der Waals surface area contributed by atoms with Crippen LogP contribution in [0.5, 0.6) is 0 Å². The van der Waals surface area contributed by atoms with E-state index in [1.165, 1.54) is 0 Å². The van der Waals surface area contributed by atoms with Gasteiger partial charge in [-0.15, -0.1) is 0 Å². The van der Waals surface area contributed by atoms with E-state index < -0.39 is 5.92 Å². The maximum atomic E-state index is 13.1. The van der Waals surface area contributed by atoms with Crippen LogP contribution < -0.4 is 9.80 Å². The Morgan fingerprint density at radius 3 is 2.45 bits per heavy atom. The molecule has 0 amide bonds. The molecule has 5 heterocycles. The van der Waals surface area contributed by atoms with Crippen LogP contribution in [-0.4, -0.2) is 80.9 Å². The number of aliphatic imine (C=N–C) groups is 1. The predicted octanol–water partition coefficient (Wildman–Crippen LogP) is 2.63. The van der Waals surface area contributed by atoms with E-state index in [1.54, 1.807) is 11.3 Å². The molecule has 2 aromatic rings. The van der Waals surface area contributed by atoms with Gasteiger partial charge in [0.05, 0.1) is 33.0 Å². The van der Waals surface area contributed by atoms with Gasteiger partial charge in [-0.25, -0.2) is 4.99 Å². The van der Waals surface area contributed by atoms with Gasteiger partial charge in [0.25, 0.3) is 0 Å². The molecular formula is C23H29N5O4S. The van der Waals surface area contributed by atoms with Gasteiger partial charge in [-0.05, 0) is 36.2 Å². The van der Waals surface area contributed by atoms with E-state index in [4.69, 9.17) is 29.2 Å². The largest absolute Gasteiger partial charge is 0.465 e. The van der Waals surface area contributed by atoms with Crippen LogP contribution in [-0.2, 0) is 19.0 Å². The number of thiophene rings is 1. The van der Waals surface area contributed by atoms with Crippen molar-refractivity contribution in [2.75, 3.05) is 69.0 Å². The van der Waals surface area contributed by atoms with Crippen LogP contribution >= 0.6 is 11.3 Å². The molecule has 0 spiro atoms. The summed E-state index contributed by atoms with van der Waals surface area (Å²) in [7, 11) is 0. The molecule has 0 aliphatic carbocycles. The maximum Gasteiger partial charge on any atom is 0.315 e. The molecule has 0 bridgehead atoms. The van der Waals surface area contributed by atoms with Gasteiger partial charge in [0, 0.05) is 43.4 Å². The summed E-state index contributed by atoms with van der Waals surface area (Å²) < 4.78 is 16.6. The van der Waals surface area contributed by atoms with E-state index in [0.717, 1.165) is 48.8 Å². The number of hydrogen-bond acceptors (Lipinski definition) is 10. The van der Waals surface area contributed by atoms with Crippen LogP contribution in [0.1, 0.15) is 30.9 Å². The lowest BCUT2D eigenvalue weighted by Crippen LogP contribution is -2.41. The molecule has 176 valence electrons. The van der Waals surface area contributed by atoms with Crippen LogP contribution in [0.2, 0.25) is 0 Å². The molecule has 2 aromatic heterocycles. The Bertz CT molecular complexity index is 1020. The molecular weight excluding hydrogens is 442 g/mol. The highest BCUT2D eigenvalue weighted by atomic mass is 32.1. The van der Waals surface area contributed by atoms with Crippen LogP contribution in [0, 0.1) is 5.92 Å². The van der Waals surface area contributed by atoms with Crippen molar-refractivity contribution in [2.45, 2.75) is 19.8 Å². The second kappa shape index (κ2) is 9.74. The average molecular weight is 472 g/mol. The normalized spacial score (nSPS) is 23.2. The molecule has 2 atom stereocenters. The van der Waals surface area contributed by atoms with E-state index in [2.05, 4.69) is 21.2 Å². The number of anilines is 2. The van der Waals surface area contributed by atoms with Gasteiger partial charge in [0.2, 0.25) is 5.95 Å². The SMILES string of the molecule is CCOC(=O)C1C(C)=Nc2nc(N3CCOCC3)nc(N3CCOCC3)c2C1c1ccsc1. The topological polar surface area (TPSA) is 89.4 Å². The summed E-state index contributed by atoms with van der Waals surface area (Å²) in [5, 5.41) is 4.13. The van der Waals surface area contributed by atoms with Gasteiger partial charge >= 0.3 is 5.97 Å². The molecule has 3 aliphatic rings. The van der Waals surface area contributed by atoms with Crippen LogP contribution in [0.25, 0.3) is 0 Å². The molecule has 2 unspecified atom stereocenters. The van der Waals surface area contributed by atoms with Crippen LogP contribution in [0.4, 0.5) is 17.6 Å². The zero-order valence-electron chi connectivity index (χ0n) is 19.0. The molecule has 9 nitrogen and oxygen atoms in total. The maximum absolute atomic E-state index is 13.1. The fourth-order valence-corrected chi connectivity index (χ4v) is 5.41. The predicted molar refractivity (Wildman–Crippen MR) is 127 cm³/mol. The summed E-state index contributed by atoms with van der Waals surface area (Å²) in [5.74, 6) is 1.12. The molecule has 33 heavy (non-hydrogen) atoms. The lowest BCUT2D eigenvalue weighted by atomic mass is 9.77. The number of carbonyl (C=O) groups is 1. The highest BCUT2D eigenvalue weighted by molar-refractivity contribution is 7.08. The minimum Gasteiger partial charge on any atom is -0.465 e. The third kappa shape index (κ3) is 4.34. The summed E-state index contributed by atoms with van der Waals surface area (Å²) in [5.41, 5.74) is 2.68. The lowest BCUT2D eigenvalue weighted by molar-refractivity contribution is -0.146. The Morgan fingerprint density at radius 2 is 1.82 bits per heavy atom. The Morgan fingerprint density at radius 1 is 1.12 bits per heavy atom. The highest BCUT2D eigenvalue weighted by Gasteiger charge is 2.42. The molecule has 0 N–H and O–H groups in total. The summed E-state index contributed by atoms with van der Waals surface area (Å²) >= 11 is 1.62. The first-order valence-corrected chi connectivity index (χ1v) is 12.4.